The molecule has 0 unspecified atom stereocenters. The lowest BCUT2D eigenvalue weighted by Crippen LogP contribution is -2.63. The smallest absolute Gasteiger partial charge is 0.336 e. The van der Waals surface area contributed by atoms with Crippen molar-refractivity contribution in [1.82, 2.24) is 0 Å². The van der Waals surface area contributed by atoms with Gasteiger partial charge < -0.3 is 32.8 Å². The van der Waals surface area contributed by atoms with Gasteiger partial charge in [0.25, 0.3) is 0 Å². The van der Waals surface area contributed by atoms with E-state index in [1.807, 2.05) is 0 Å². The van der Waals surface area contributed by atoms with Gasteiger partial charge in [-0.15, -0.1) is 0 Å². The molecule has 12 nitrogen and oxygen atoms in total. The van der Waals surface area contributed by atoms with E-state index in [0.717, 1.165) is 20.8 Å². The molecule has 3 rings (SSSR count). The van der Waals surface area contributed by atoms with E-state index in [2.05, 4.69) is 0 Å². The van der Waals surface area contributed by atoms with Gasteiger partial charge in [-0.05, 0) is 24.6 Å². The molecular formula is C24H26O12. The first-order valence-electron chi connectivity index (χ1n) is 11.0. The summed E-state index contributed by atoms with van der Waals surface area (Å²) in [7, 11) is 0. The van der Waals surface area contributed by atoms with E-state index in [4.69, 9.17) is 32.8 Å². The molecule has 1 aromatic carbocycles. The highest BCUT2D eigenvalue weighted by Gasteiger charge is 2.53. The molecule has 2 heterocycles. The molecule has 0 bridgehead atoms. The van der Waals surface area contributed by atoms with Crippen LogP contribution >= 0.6 is 0 Å². The Morgan fingerprint density at radius 2 is 1.44 bits per heavy atom. The van der Waals surface area contributed by atoms with Gasteiger partial charge in [-0.3, -0.25) is 19.2 Å². The summed E-state index contributed by atoms with van der Waals surface area (Å²) in [4.78, 5) is 58.9. The lowest BCUT2D eigenvalue weighted by molar-refractivity contribution is -0.288. The van der Waals surface area contributed by atoms with Crippen molar-refractivity contribution in [2.24, 2.45) is 0 Å². The van der Waals surface area contributed by atoms with E-state index in [9.17, 15) is 24.0 Å². The Balaban J connectivity index is 2.02. The zero-order valence-electron chi connectivity index (χ0n) is 20.3. The van der Waals surface area contributed by atoms with E-state index >= 15 is 0 Å². The van der Waals surface area contributed by atoms with Gasteiger partial charge in [-0.2, -0.15) is 0 Å². The average Bonchev–Trinajstić information content (AvgIpc) is 2.75. The molecule has 2 aromatic rings. The maximum absolute atomic E-state index is 11.9. The molecule has 1 saturated heterocycles. The normalized spacial score (nSPS) is 23.4. The fraction of sp³-hybridized carbons (Fsp3) is 0.458. The third kappa shape index (κ3) is 6.60. The number of hydrogen-bond donors (Lipinski definition) is 0. The second kappa shape index (κ2) is 11.2. The number of fused-ring (bicyclic) bond motifs is 1. The van der Waals surface area contributed by atoms with Crippen molar-refractivity contribution in [2.75, 3.05) is 6.61 Å². The van der Waals surface area contributed by atoms with Crippen molar-refractivity contribution in [3.8, 4) is 5.75 Å². The van der Waals surface area contributed by atoms with Crippen LogP contribution in [0.4, 0.5) is 0 Å². The van der Waals surface area contributed by atoms with Gasteiger partial charge in [0.05, 0.1) is 0 Å². The Labute approximate surface area is 205 Å². The molecule has 0 spiro atoms. The Bertz CT molecular complexity index is 1220. The van der Waals surface area contributed by atoms with Gasteiger partial charge in [-0.25, -0.2) is 4.79 Å². The molecule has 0 amide bonds. The summed E-state index contributed by atoms with van der Waals surface area (Å²) in [6, 6.07) is 6.03. The predicted molar refractivity (Wildman–Crippen MR) is 120 cm³/mol. The van der Waals surface area contributed by atoms with Crippen molar-refractivity contribution in [3.63, 3.8) is 0 Å². The number of aryl methyl sites for hydroxylation is 1. The van der Waals surface area contributed by atoms with Gasteiger partial charge in [0.2, 0.25) is 12.4 Å². The number of carbonyl (C=O) groups excluding carboxylic acids is 4. The Kier molecular flexibility index (Phi) is 8.30. The zero-order valence-corrected chi connectivity index (χ0v) is 20.3. The van der Waals surface area contributed by atoms with Gasteiger partial charge in [0.15, 0.2) is 12.2 Å². The molecule has 1 aliphatic rings. The minimum absolute atomic E-state index is 0.164. The summed E-state index contributed by atoms with van der Waals surface area (Å²) in [5.74, 6) is -2.73. The second-order valence-corrected chi connectivity index (χ2v) is 8.09. The molecule has 1 fully saturated rings. The summed E-state index contributed by atoms with van der Waals surface area (Å²) in [5.41, 5.74) is 0.382. The van der Waals surface area contributed by atoms with Crippen LogP contribution in [-0.4, -0.2) is 61.2 Å². The second-order valence-electron chi connectivity index (χ2n) is 8.09. The molecule has 0 aliphatic carbocycles. The first-order valence-corrected chi connectivity index (χ1v) is 11.0. The minimum Gasteiger partial charge on any atom is -0.463 e. The lowest BCUT2D eigenvalue weighted by Gasteiger charge is -2.43. The summed E-state index contributed by atoms with van der Waals surface area (Å²) in [6.07, 6.45) is -6.61. The maximum Gasteiger partial charge on any atom is 0.336 e. The van der Waals surface area contributed by atoms with E-state index in [0.29, 0.717) is 10.9 Å². The molecule has 0 saturated carbocycles. The van der Waals surface area contributed by atoms with E-state index in [1.54, 1.807) is 19.1 Å². The molecule has 194 valence electrons. The van der Waals surface area contributed by atoms with Crippen LogP contribution in [0.5, 0.6) is 5.75 Å². The number of esters is 4. The molecular weight excluding hydrogens is 480 g/mol. The average molecular weight is 506 g/mol. The topological polar surface area (TPSA) is 154 Å². The fourth-order valence-corrected chi connectivity index (χ4v) is 3.80. The van der Waals surface area contributed by atoms with Crippen LogP contribution in [0.3, 0.4) is 0 Å². The quantitative estimate of drug-likeness (QED) is 0.304. The third-order valence-electron chi connectivity index (χ3n) is 5.12. The van der Waals surface area contributed by atoms with Crippen molar-refractivity contribution in [1.29, 1.82) is 0 Å². The van der Waals surface area contributed by atoms with Crippen LogP contribution in [0.1, 0.15) is 33.3 Å². The van der Waals surface area contributed by atoms with Crippen LogP contribution < -0.4 is 10.4 Å². The largest absolute Gasteiger partial charge is 0.463 e. The maximum atomic E-state index is 11.9. The number of carbonyl (C=O) groups is 4. The first kappa shape index (κ1) is 26.7. The highest BCUT2D eigenvalue weighted by Crippen LogP contribution is 2.32. The van der Waals surface area contributed by atoms with E-state index in [1.165, 1.54) is 19.1 Å². The van der Waals surface area contributed by atoms with E-state index < -0.39 is 60.2 Å². The summed E-state index contributed by atoms with van der Waals surface area (Å²) in [6.45, 7) is 5.91. The number of rotatable bonds is 7. The lowest BCUT2D eigenvalue weighted by atomic mass is 9.98. The third-order valence-corrected chi connectivity index (χ3v) is 5.12. The molecule has 1 aliphatic heterocycles. The van der Waals surface area contributed by atoms with Crippen LogP contribution in [-0.2, 0) is 42.9 Å². The number of ether oxygens (including phenoxy) is 6. The minimum atomic E-state index is -1.40. The van der Waals surface area contributed by atoms with Gasteiger partial charge in [-0.1, -0.05) is 0 Å². The van der Waals surface area contributed by atoms with Crippen molar-refractivity contribution in [2.45, 2.75) is 65.3 Å². The van der Waals surface area contributed by atoms with Gasteiger partial charge in [0, 0.05) is 45.2 Å². The van der Waals surface area contributed by atoms with Gasteiger partial charge in [0.1, 0.15) is 24.0 Å². The SMILES string of the molecule is CC(=O)OC[C@H]1O[C@H](Oc2ccc3c(C)cc(=O)oc3c2)[C@@H](OC(C)=O)[C@@H](OC(C)=O)[C@@H]1OC(C)=O. The zero-order chi connectivity index (χ0) is 26.6. The molecule has 36 heavy (non-hydrogen) atoms. The fourth-order valence-electron chi connectivity index (χ4n) is 3.80. The Morgan fingerprint density at radius 3 is 2.06 bits per heavy atom. The number of benzene rings is 1. The van der Waals surface area contributed by atoms with Crippen LogP contribution in [0.15, 0.2) is 33.5 Å². The van der Waals surface area contributed by atoms with Crippen LogP contribution in [0, 0.1) is 6.92 Å². The Hall–Kier alpha value is -3.93. The molecule has 5 atom stereocenters. The van der Waals surface area contributed by atoms with Crippen LogP contribution in [0.2, 0.25) is 0 Å². The monoisotopic (exact) mass is 506 g/mol. The van der Waals surface area contributed by atoms with Gasteiger partial charge >= 0.3 is 29.5 Å². The summed E-state index contributed by atoms with van der Waals surface area (Å²) in [5, 5.41) is 0.670. The standard InChI is InChI=1S/C24H26O12/c1-11-8-20(29)35-18-9-16(6-7-17(11)18)34-24-23(33-15(5)28)22(32-14(4)27)21(31-13(3)26)19(36-24)10-30-12(2)25/h6-9,19,21-24H,10H2,1-5H3/t19-,21-,22+,23+,24+/m1/s1. The van der Waals surface area contributed by atoms with E-state index in [-0.39, 0.29) is 17.9 Å². The summed E-state index contributed by atoms with van der Waals surface area (Å²) < 4.78 is 38.2. The molecule has 0 N–H and O–H groups in total. The molecule has 0 radical (unpaired) electrons. The summed E-state index contributed by atoms with van der Waals surface area (Å²) >= 11 is 0. The first-order chi connectivity index (χ1) is 16.9. The van der Waals surface area contributed by atoms with Crippen molar-refractivity contribution < 1.29 is 52.0 Å². The highest BCUT2D eigenvalue weighted by atomic mass is 16.7. The Morgan fingerprint density at radius 1 is 0.833 bits per heavy atom. The predicted octanol–water partition coefficient (Wildman–Crippen LogP) is 1.56. The number of hydrogen-bond acceptors (Lipinski definition) is 12. The van der Waals surface area contributed by atoms with Crippen molar-refractivity contribution in [3.05, 3.63) is 40.2 Å². The molecule has 1 aromatic heterocycles. The van der Waals surface area contributed by atoms with Crippen molar-refractivity contribution >= 4 is 34.8 Å². The molecule has 12 heteroatoms. The highest BCUT2D eigenvalue weighted by molar-refractivity contribution is 5.81. The van der Waals surface area contributed by atoms with Crippen LogP contribution in [0.25, 0.3) is 11.0 Å².